The van der Waals surface area contributed by atoms with Gasteiger partial charge in [-0.1, -0.05) is 29.0 Å². The van der Waals surface area contributed by atoms with Gasteiger partial charge in [-0.05, 0) is 24.3 Å². The zero-order chi connectivity index (χ0) is 22.1. The second kappa shape index (κ2) is 8.23. The van der Waals surface area contributed by atoms with Crippen molar-refractivity contribution in [3.05, 3.63) is 47.5 Å². The van der Waals surface area contributed by atoms with Gasteiger partial charge in [-0.15, -0.1) is 0 Å². The van der Waals surface area contributed by atoms with Gasteiger partial charge in [0.25, 0.3) is 11.8 Å². The summed E-state index contributed by atoms with van der Waals surface area (Å²) in [5.74, 6) is -0.673. The van der Waals surface area contributed by atoms with E-state index in [4.69, 9.17) is 21.1 Å². The number of para-hydroxylation sites is 1. The lowest BCUT2D eigenvalue weighted by Crippen LogP contribution is -2.43. The van der Waals surface area contributed by atoms with E-state index in [-0.39, 0.29) is 6.54 Å². The summed E-state index contributed by atoms with van der Waals surface area (Å²) in [5.41, 5.74) is 0.750. The first kappa shape index (κ1) is 20.6. The summed E-state index contributed by atoms with van der Waals surface area (Å²) >= 11 is 6.05. The minimum Gasteiger partial charge on any atom is -0.493 e. The quantitative estimate of drug-likeness (QED) is 0.685. The number of rotatable bonds is 6. The van der Waals surface area contributed by atoms with E-state index in [0.29, 0.717) is 27.9 Å². The van der Waals surface area contributed by atoms with Gasteiger partial charge in [-0.3, -0.25) is 19.4 Å². The summed E-state index contributed by atoms with van der Waals surface area (Å²) in [7, 11) is 2.94. The molecule has 0 bridgehead atoms. The van der Waals surface area contributed by atoms with Crippen molar-refractivity contribution in [1.82, 2.24) is 5.01 Å². The topological polar surface area (TPSA) is 113 Å². The van der Waals surface area contributed by atoms with Crippen molar-refractivity contribution >= 4 is 40.7 Å². The number of anilines is 2. The highest BCUT2D eigenvalue weighted by Crippen LogP contribution is 2.36. The van der Waals surface area contributed by atoms with Gasteiger partial charge in [0.15, 0.2) is 23.6 Å². The van der Waals surface area contributed by atoms with Crippen molar-refractivity contribution in [1.29, 1.82) is 0 Å². The van der Waals surface area contributed by atoms with Crippen LogP contribution in [0.3, 0.4) is 0 Å². The van der Waals surface area contributed by atoms with E-state index in [1.165, 1.54) is 25.3 Å². The average Bonchev–Trinajstić information content (AvgIpc) is 3.28. The summed E-state index contributed by atoms with van der Waals surface area (Å²) in [4.78, 5) is 39.4. The molecule has 0 saturated carbocycles. The number of hydrogen-bond acceptors (Lipinski definition) is 8. The zero-order valence-electron chi connectivity index (χ0n) is 16.6. The fourth-order valence-electron chi connectivity index (χ4n) is 3.47. The van der Waals surface area contributed by atoms with Gasteiger partial charge in [-0.25, -0.2) is 4.90 Å². The smallest absolute Gasteiger partial charge is 0.263 e. The lowest BCUT2D eigenvalue weighted by Gasteiger charge is -2.21. The van der Waals surface area contributed by atoms with Gasteiger partial charge in [-0.2, -0.15) is 5.11 Å². The molecule has 0 radical (unpaired) electrons. The lowest BCUT2D eigenvalue weighted by atomic mass is 10.1. The summed E-state index contributed by atoms with van der Waals surface area (Å²) < 4.78 is 10.4. The number of hydrogen-bond donors (Lipinski definition) is 1. The fraction of sp³-hybridized carbons (Fsp3) is 0.250. The molecule has 0 spiro atoms. The Morgan fingerprint density at radius 1 is 1.10 bits per heavy atom. The number of nitrogens with one attached hydrogen (secondary N) is 1. The van der Waals surface area contributed by atoms with E-state index < -0.39 is 29.8 Å². The molecule has 2 atom stereocenters. The Bertz CT molecular complexity index is 1090. The van der Waals surface area contributed by atoms with Crippen LogP contribution in [-0.4, -0.2) is 55.6 Å². The Hall–Kier alpha value is -3.66. The molecule has 0 aliphatic carbocycles. The molecule has 3 amide bonds. The van der Waals surface area contributed by atoms with Crippen molar-refractivity contribution < 1.29 is 23.9 Å². The first-order valence-corrected chi connectivity index (χ1v) is 9.64. The molecular weight excluding hydrogens is 426 g/mol. The molecule has 0 unspecified atom stereocenters. The molecule has 1 saturated heterocycles. The Morgan fingerprint density at radius 2 is 1.84 bits per heavy atom. The third-order valence-electron chi connectivity index (χ3n) is 4.94. The fourth-order valence-corrected chi connectivity index (χ4v) is 3.65. The number of methoxy groups -OCH3 is 2. The predicted molar refractivity (Wildman–Crippen MR) is 111 cm³/mol. The van der Waals surface area contributed by atoms with Crippen LogP contribution in [0.5, 0.6) is 11.5 Å². The highest BCUT2D eigenvalue weighted by molar-refractivity contribution is 6.33. The van der Waals surface area contributed by atoms with Crippen LogP contribution >= 0.6 is 11.6 Å². The molecule has 0 aromatic heterocycles. The van der Waals surface area contributed by atoms with Crippen LogP contribution in [0.25, 0.3) is 0 Å². The van der Waals surface area contributed by atoms with Gasteiger partial charge in [0.05, 0.1) is 30.6 Å². The summed E-state index contributed by atoms with van der Waals surface area (Å²) in [5, 5.41) is 12.0. The number of carbonyl (C=O) groups is 3. The predicted octanol–water partition coefficient (Wildman–Crippen LogP) is 2.29. The summed E-state index contributed by atoms with van der Waals surface area (Å²) in [6.45, 7) is -0.269. The number of fused-ring (bicyclic) bond motifs is 1. The second-order valence-corrected chi connectivity index (χ2v) is 7.18. The minimum atomic E-state index is -1.02. The molecule has 11 heteroatoms. The van der Waals surface area contributed by atoms with Crippen molar-refractivity contribution in [3.63, 3.8) is 0 Å². The molecule has 2 aromatic rings. The highest BCUT2D eigenvalue weighted by Gasteiger charge is 2.55. The number of nitrogens with zero attached hydrogens (tertiary/aromatic N) is 4. The number of imide groups is 1. The number of ether oxygens (including phenoxy) is 2. The molecule has 160 valence electrons. The molecule has 1 N–H and O–H groups in total. The number of halogens is 1. The highest BCUT2D eigenvalue weighted by atomic mass is 35.5. The van der Waals surface area contributed by atoms with E-state index in [9.17, 15) is 14.4 Å². The van der Waals surface area contributed by atoms with Crippen LogP contribution < -0.4 is 19.7 Å². The SMILES string of the molecule is COc1ccc(N2C(=O)[C@H]3N=NN(CC(=O)Nc4ccccc4Cl)[C@H]3C2=O)cc1OC. The molecule has 2 aromatic carbocycles. The maximum Gasteiger partial charge on any atom is 0.263 e. The number of amides is 3. The third kappa shape index (κ3) is 3.66. The first-order chi connectivity index (χ1) is 14.9. The van der Waals surface area contributed by atoms with E-state index in [1.54, 1.807) is 36.4 Å². The van der Waals surface area contributed by atoms with Crippen molar-refractivity contribution in [2.24, 2.45) is 10.3 Å². The minimum absolute atomic E-state index is 0.269. The summed E-state index contributed by atoms with van der Waals surface area (Å²) in [6, 6.07) is 9.44. The Morgan fingerprint density at radius 3 is 2.55 bits per heavy atom. The molecule has 2 aliphatic heterocycles. The molecule has 2 aliphatic rings. The molecule has 4 rings (SSSR count). The molecule has 31 heavy (non-hydrogen) atoms. The zero-order valence-corrected chi connectivity index (χ0v) is 17.4. The second-order valence-electron chi connectivity index (χ2n) is 6.77. The Balaban J connectivity index is 1.52. The van der Waals surface area contributed by atoms with Crippen LogP contribution in [0.15, 0.2) is 52.8 Å². The van der Waals surface area contributed by atoms with Crippen molar-refractivity contribution in [2.75, 3.05) is 31.0 Å². The normalized spacial score (nSPS) is 19.6. The number of carbonyl (C=O) groups excluding carboxylic acids is 3. The monoisotopic (exact) mass is 443 g/mol. The van der Waals surface area contributed by atoms with Crippen molar-refractivity contribution in [2.45, 2.75) is 12.1 Å². The lowest BCUT2D eigenvalue weighted by molar-refractivity contribution is -0.123. The van der Waals surface area contributed by atoms with Crippen LogP contribution in [0.4, 0.5) is 11.4 Å². The first-order valence-electron chi connectivity index (χ1n) is 9.26. The van der Waals surface area contributed by atoms with Crippen LogP contribution in [-0.2, 0) is 14.4 Å². The molecule has 2 heterocycles. The van der Waals surface area contributed by atoms with Gasteiger partial charge >= 0.3 is 0 Å². The molecular formula is C20H18ClN5O5. The Labute approximate surface area is 182 Å². The van der Waals surface area contributed by atoms with Gasteiger partial charge in [0.1, 0.15) is 6.54 Å². The standard InChI is InChI=1S/C20H18ClN5O5/c1-30-14-8-7-11(9-15(14)31-2)26-19(28)17-18(20(26)29)25(24-23-17)10-16(27)22-13-6-4-3-5-12(13)21/h3-9,17-18H,10H2,1-2H3,(H,22,27)/t17-,18+/m0/s1. The van der Waals surface area contributed by atoms with Crippen LogP contribution in [0.1, 0.15) is 0 Å². The van der Waals surface area contributed by atoms with Crippen LogP contribution in [0.2, 0.25) is 5.02 Å². The van der Waals surface area contributed by atoms with Gasteiger partial charge < -0.3 is 14.8 Å². The third-order valence-corrected chi connectivity index (χ3v) is 5.27. The molecule has 10 nitrogen and oxygen atoms in total. The van der Waals surface area contributed by atoms with Gasteiger partial charge in [0, 0.05) is 6.07 Å². The number of benzene rings is 2. The Kier molecular flexibility index (Phi) is 5.47. The van der Waals surface area contributed by atoms with E-state index in [0.717, 1.165) is 4.90 Å². The maximum absolute atomic E-state index is 13.1. The maximum atomic E-state index is 13.1. The van der Waals surface area contributed by atoms with E-state index >= 15 is 0 Å². The summed E-state index contributed by atoms with van der Waals surface area (Å²) in [6.07, 6.45) is 0. The van der Waals surface area contributed by atoms with Gasteiger partial charge in [0.2, 0.25) is 5.91 Å². The van der Waals surface area contributed by atoms with Crippen LogP contribution in [0, 0.1) is 0 Å². The van der Waals surface area contributed by atoms with E-state index in [1.807, 2.05) is 0 Å². The van der Waals surface area contributed by atoms with E-state index in [2.05, 4.69) is 15.7 Å². The van der Waals surface area contributed by atoms with Crippen molar-refractivity contribution in [3.8, 4) is 11.5 Å². The average molecular weight is 444 g/mol. The molecule has 1 fully saturated rings. The largest absolute Gasteiger partial charge is 0.493 e.